The summed E-state index contributed by atoms with van der Waals surface area (Å²) in [5, 5.41) is 28.2. The van der Waals surface area contributed by atoms with Crippen LogP contribution in [0.15, 0.2) is 30.3 Å². The van der Waals surface area contributed by atoms with Crippen LogP contribution >= 0.6 is 0 Å². The van der Waals surface area contributed by atoms with Crippen LogP contribution in [0.4, 0.5) is 0 Å². The van der Waals surface area contributed by atoms with Crippen molar-refractivity contribution in [2.24, 2.45) is 5.73 Å². The van der Waals surface area contributed by atoms with E-state index in [1.54, 1.807) is 18.2 Å². The summed E-state index contributed by atoms with van der Waals surface area (Å²) < 4.78 is 0. The van der Waals surface area contributed by atoms with E-state index in [2.05, 4.69) is 5.73 Å². The molecular formula is C10H11CuNO5. The summed E-state index contributed by atoms with van der Waals surface area (Å²) in [4.78, 5) is 19.3. The molecule has 0 aromatic heterocycles. The maximum absolute atomic E-state index is 10.1. The third-order valence-corrected chi connectivity index (χ3v) is 1.51. The summed E-state index contributed by atoms with van der Waals surface area (Å²) >= 11 is 0. The fraction of sp³-hybridized carbons (Fsp3) is 0.200. The number of aliphatic hydroxyl groups is 1. The maximum atomic E-state index is 10.1. The summed E-state index contributed by atoms with van der Waals surface area (Å²) in [7, 11) is 0. The van der Waals surface area contributed by atoms with E-state index in [1.165, 1.54) is 12.1 Å². The normalized spacial score (nSPS) is 10.2. The Hall–Kier alpha value is -1.40. The van der Waals surface area contributed by atoms with Gasteiger partial charge >= 0.3 is 17.1 Å². The van der Waals surface area contributed by atoms with Crippen molar-refractivity contribution in [1.29, 1.82) is 0 Å². The number of rotatable bonds is 3. The Balaban J connectivity index is 0. The van der Waals surface area contributed by atoms with Crippen LogP contribution in [-0.4, -0.2) is 23.6 Å². The van der Waals surface area contributed by atoms with Gasteiger partial charge in [-0.15, -0.1) is 0 Å². The summed E-state index contributed by atoms with van der Waals surface area (Å²) in [6.45, 7) is -0.389. The molecule has 0 saturated heterocycles. The number of hydrogen-bond acceptors (Lipinski definition) is 6. The first-order chi connectivity index (χ1) is 7.49. The predicted molar refractivity (Wildman–Crippen MR) is 50.5 cm³/mol. The molecule has 97 valence electrons. The first-order valence-electron chi connectivity index (χ1n) is 4.32. The van der Waals surface area contributed by atoms with Gasteiger partial charge in [0.2, 0.25) is 0 Å². The third-order valence-electron chi connectivity index (χ3n) is 1.51. The van der Waals surface area contributed by atoms with Gasteiger partial charge in [0.25, 0.3) is 0 Å². The van der Waals surface area contributed by atoms with Gasteiger partial charge in [0.1, 0.15) is 6.10 Å². The van der Waals surface area contributed by atoms with E-state index in [9.17, 15) is 9.90 Å². The van der Waals surface area contributed by atoms with E-state index in [0.29, 0.717) is 5.56 Å². The van der Waals surface area contributed by atoms with E-state index in [4.69, 9.17) is 15.0 Å². The molecule has 1 rings (SSSR count). The van der Waals surface area contributed by atoms with Crippen LogP contribution in [0.3, 0.4) is 0 Å². The van der Waals surface area contributed by atoms with Gasteiger partial charge < -0.3 is 30.6 Å². The second-order valence-electron chi connectivity index (χ2n) is 2.71. The molecule has 1 radical (unpaired) electrons. The molecule has 0 bridgehead atoms. The van der Waals surface area contributed by atoms with Crippen molar-refractivity contribution in [3.8, 4) is 0 Å². The summed E-state index contributed by atoms with van der Waals surface area (Å²) in [6, 6.07) is 8.11. The summed E-state index contributed by atoms with van der Waals surface area (Å²) in [5.74, 6) is -2.69. The Kier molecular flexibility index (Phi) is 10.4. The van der Waals surface area contributed by atoms with Gasteiger partial charge in [-0.1, -0.05) is 30.3 Å². The second-order valence-corrected chi connectivity index (χ2v) is 2.71. The molecule has 0 saturated carbocycles. The molecule has 1 aromatic carbocycles. The molecule has 1 aromatic rings. The van der Waals surface area contributed by atoms with Crippen molar-refractivity contribution in [3.63, 3.8) is 0 Å². The average molecular weight is 289 g/mol. The Morgan fingerprint density at radius 2 is 1.65 bits per heavy atom. The van der Waals surface area contributed by atoms with Crippen molar-refractivity contribution in [1.82, 2.24) is 0 Å². The molecule has 0 aliphatic heterocycles. The Labute approximate surface area is 109 Å². The predicted octanol–water partition coefficient (Wildman–Crippen LogP) is -2.84. The van der Waals surface area contributed by atoms with Gasteiger partial charge in [-0.2, -0.15) is 0 Å². The number of aliphatic carboxylic acids is 2. The number of hydrogen-bond donors (Lipinski definition) is 2. The summed E-state index contributed by atoms with van der Waals surface area (Å²) in [6.07, 6.45) is -1.52. The minimum Gasteiger partial charge on any atom is -0.549 e. The van der Waals surface area contributed by atoms with E-state index < -0.39 is 18.0 Å². The maximum Gasteiger partial charge on any atom is 2.00 e. The first kappa shape index (κ1) is 18.0. The standard InChI is InChI=1S/C8H8O3.C2H5NO2.Cu/c9-7(8(10)11)6-4-2-1-3-5-6;3-1-2(4)5;/h1-5,7,9H,(H,10,11);1,3H2,(H,4,5);/q;;+2/p-2. The van der Waals surface area contributed by atoms with E-state index in [0.717, 1.165) is 0 Å². The van der Waals surface area contributed by atoms with E-state index in [-0.39, 0.29) is 23.6 Å². The second kappa shape index (κ2) is 9.80. The Bertz CT molecular complexity index is 344. The van der Waals surface area contributed by atoms with Gasteiger partial charge in [0.15, 0.2) is 0 Å². The van der Waals surface area contributed by atoms with Crippen LogP contribution in [0.1, 0.15) is 11.7 Å². The zero-order valence-corrected chi connectivity index (χ0v) is 9.57. The van der Waals surface area contributed by atoms with Crippen molar-refractivity contribution in [2.75, 3.05) is 6.54 Å². The monoisotopic (exact) mass is 288 g/mol. The molecule has 0 spiro atoms. The minimum atomic E-state index is -1.52. The van der Waals surface area contributed by atoms with Gasteiger partial charge in [0.05, 0.1) is 11.9 Å². The topological polar surface area (TPSA) is 127 Å². The molecule has 1 atom stereocenters. The third kappa shape index (κ3) is 8.41. The van der Waals surface area contributed by atoms with Crippen LogP contribution in [0, 0.1) is 0 Å². The number of carboxylic acid groups (broad SMARTS) is 2. The molecule has 17 heavy (non-hydrogen) atoms. The smallest absolute Gasteiger partial charge is 0.549 e. The Morgan fingerprint density at radius 3 is 1.94 bits per heavy atom. The fourth-order valence-corrected chi connectivity index (χ4v) is 0.771. The number of carbonyl (C=O) groups excluding carboxylic acids is 2. The molecule has 0 fully saturated rings. The Morgan fingerprint density at radius 1 is 1.24 bits per heavy atom. The van der Waals surface area contributed by atoms with Crippen molar-refractivity contribution >= 4 is 11.9 Å². The van der Waals surface area contributed by atoms with Crippen molar-refractivity contribution < 1.29 is 42.0 Å². The molecule has 6 nitrogen and oxygen atoms in total. The average Bonchev–Trinajstić information content (AvgIpc) is 2.29. The molecule has 3 N–H and O–H groups in total. The molecule has 0 amide bonds. The largest absolute Gasteiger partial charge is 2.00 e. The van der Waals surface area contributed by atoms with Gasteiger partial charge in [-0.25, -0.2) is 0 Å². The van der Waals surface area contributed by atoms with Gasteiger partial charge in [0, 0.05) is 6.54 Å². The zero-order valence-electron chi connectivity index (χ0n) is 8.63. The SMILES string of the molecule is NCC(=O)[O-].O=C([O-])C(O)c1ccccc1.[Cu+2]. The van der Waals surface area contributed by atoms with Crippen molar-refractivity contribution in [3.05, 3.63) is 35.9 Å². The van der Waals surface area contributed by atoms with Crippen LogP contribution in [0.5, 0.6) is 0 Å². The van der Waals surface area contributed by atoms with Crippen LogP contribution < -0.4 is 15.9 Å². The van der Waals surface area contributed by atoms with Gasteiger partial charge in [-0.3, -0.25) is 0 Å². The van der Waals surface area contributed by atoms with Crippen molar-refractivity contribution in [2.45, 2.75) is 6.10 Å². The number of carboxylic acids is 2. The molecule has 1 unspecified atom stereocenters. The fourth-order valence-electron chi connectivity index (χ4n) is 0.771. The van der Waals surface area contributed by atoms with Crippen LogP contribution in [0.2, 0.25) is 0 Å². The molecule has 0 aliphatic rings. The van der Waals surface area contributed by atoms with Gasteiger partial charge in [-0.05, 0) is 5.56 Å². The molecule has 7 heteroatoms. The first-order valence-corrected chi connectivity index (χ1v) is 4.32. The molecule has 0 heterocycles. The van der Waals surface area contributed by atoms with Crippen LogP contribution in [0.25, 0.3) is 0 Å². The zero-order chi connectivity index (χ0) is 12.6. The quantitative estimate of drug-likeness (QED) is 0.577. The molecular weight excluding hydrogens is 278 g/mol. The van der Waals surface area contributed by atoms with E-state index in [1.807, 2.05) is 0 Å². The number of nitrogens with two attached hydrogens (primary N) is 1. The van der Waals surface area contributed by atoms with Crippen LogP contribution in [-0.2, 0) is 26.7 Å². The number of benzene rings is 1. The number of aliphatic hydroxyl groups excluding tert-OH is 1. The van der Waals surface area contributed by atoms with E-state index >= 15 is 0 Å². The molecule has 0 aliphatic carbocycles. The minimum absolute atomic E-state index is 0. The number of carbonyl (C=O) groups is 2. The summed E-state index contributed by atoms with van der Waals surface area (Å²) in [5.41, 5.74) is 4.85.